The van der Waals surface area contributed by atoms with E-state index in [1.54, 1.807) is 6.07 Å². The van der Waals surface area contributed by atoms with E-state index in [-0.39, 0.29) is 24.1 Å². The second kappa shape index (κ2) is 8.10. The Morgan fingerprint density at radius 3 is 2.82 bits per heavy atom. The van der Waals surface area contributed by atoms with E-state index >= 15 is 0 Å². The molecule has 146 valence electrons. The van der Waals surface area contributed by atoms with Crippen molar-refractivity contribution in [1.29, 1.82) is 0 Å². The Kier molecular flexibility index (Phi) is 5.38. The second-order valence-corrected chi connectivity index (χ2v) is 8.06. The van der Waals surface area contributed by atoms with E-state index in [1.165, 1.54) is 28.5 Å². The SMILES string of the molecule is Cc1cc(-c2cc(=O)n(CC(=O)NC3CCCCC3)nc2-c2cccs2)on1. The molecule has 0 spiro atoms. The summed E-state index contributed by atoms with van der Waals surface area (Å²) in [4.78, 5) is 26.0. The fourth-order valence-electron chi connectivity index (χ4n) is 3.53. The quantitative estimate of drug-likeness (QED) is 0.711. The van der Waals surface area contributed by atoms with Gasteiger partial charge in [0.15, 0.2) is 5.76 Å². The number of hydrogen-bond donors (Lipinski definition) is 1. The fourth-order valence-corrected chi connectivity index (χ4v) is 4.26. The maximum Gasteiger partial charge on any atom is 0.268 e. The summed E-state index contributed by atoms with van der Waals surface area (Å²) in [7, 11) is 0. The molecule has 1 amide bonds. The van der Waals surface area contributed by atoms with Crippen LogP contribution in [0.1, 0.15) is 37.8 Å². The minimum absolute atomic E-state index is 0.0938. The summed E-state index contributed by atoms with van der Waals surface area (Å²) in [5.74, 6) is 0.311. The Labute approximate surface area is 166 Å². The zero-order chi connectivity index (χ0) is 19.5. The second-order valence-electron chi connectivity index (χ2n) is 7.11. The standard InChI is InChI=1S/C20H22N4O3S/c1-13-10-16(27-23-13)15-11-19(26)24(22-20(15)17-8-5-9-28-17)12-18(25)21-14-6-3-2-4-7-14/h5,8-11,14H,2-4,6-7,12H2,1H3,(H,21,25). The normalized spacial score (nSPS) is 14.9. The number of carbonyl (C=O) groups excluding carboxylic acids is 1. The summed E-state index contributed by atoms with van der Waals surface area (Å²) in [6, 6.07) is 7.29. The highest BCUT2D eigenvalue weighted by atomic mass is 32.1. The predicted octanol–water partition coefficient (Wildman–Crippen LogP) is 3.38. The van der Waals surface area contributed by atoms with E-state index in [0.29, 0.717) is 17.0 Å². The number of thiophene rings is 1. The molecule has 4 rings (SSSR count). The molecule has 1 aliphatic carbocycles. The van der Waals surface area contributed by atoms with Crippen molar-refractivity contribution in [2.24, 2.45) is 0 Å². The van der Waals surface area contributed by atoms with Crippen molar-refractivity contribution in [2.75, 3.05) is 0 Å². The van der Waals surface area contributed by atoms with Gasteiger partial charge in [0.2, 0.25) is 5.91 Å². The molecule has 8 heteroatoms. The van der Waals surface area contributed by atoms with Crippen LogP contribution in [0.2, 0.25) is 0 Å². The van der Waals surface area contributed by atoms with Crippen LogP contribution in [0.5, 0.6) is 0 Å². The maximum atomic E-state index is 12.6. The van der Waals surface area contributed by atoms with Crippen molar-refractivity contribution in [1.82, 2.24) is 20.3 Å². The van der Waals surface area contributed by atoms with Gasteiger partial charge < -0.3 is 9.84 Å². The zero-order valence-electron chi connectivity index (χ0n) is 15.7. The van der Waals surface area contributed by atoms with Crippen LogP contribution in [0.15, 0.2) is 39.0 Å². The lowest BCUT2D eigenvalue weighted by atomic mass is 9.95. The monoisotopic (exact) mass is 398 g/mol. The fraction of sp³-hybridized carbons (Fsp3) is 0.400. The van der Waals surface area contributed by atoms with Gasteiger partial charge in [0.05, 0.1) is 16.1 Å². The van der Waals surface area contributed by atoms with E-state index in [1.807, 2.05) is 24.4 Å². The summed E-state index contributed by atoms with van der Waals surface area (Å²) in [5, 5.41) is 13.4. The Morgan fingerprint density at radius 1 is 1.32 bits per heavy atom. The van der Waals surface area contributed by atoms with Gasteiger partial charge >= 0.3 is 0 Å². The number of nitrogens with one attached hydrogen (secondary N) is 1. The van der Waals surface area contributed by atoms with Gasteiger partial charge in [0, 0.05) is 18.2 Å². The van der Waals surface area contributed by atoms with Gasteiger partial charge in [-0.3, -0.25) is 9.59 Å². The third-order valence-electron chi connectivity index (χ3n) is 4.91. The van der Waals surface area contributed by atoms with Gasteiger partial charge in [-0.2, -0.15) is 5.10 Å². The molecule has 3 aromatic heterocycles. The molecular weight excluding hydrogens is 376 g/mol. The summed E-state index contributed by atoms with van der Waals surface area (Å²) in [5.41, 5.74) is 1.57. The molecule has 0 atom stereocenters. The molecule has 7 nitrogen and oxygen atoms in total. The van der Waals surface area contributed by atoms with E-state index in [2.05, 4.69) is 15.6 Å². The first-order valence-corrected chi connectivity index (χ1v) is 10.4. The van der Waals surface area contributed by atoms with Crippen molar-refractivity contribution < 1.29 is 9.32 Å². The average molecular weight is 398 g/mol. The maximum absolute atomic E-state index is 12.6. The molecule has 3 aromatic rings. The van der Waals surface area contributed by atoms with Crippen molar-refractivity contribution in [3.8, 4) is 21.9 Å². The van der Waals surface area contributed by atoms with Gasteiger partial charge in [-0.15, -0.1) is 11.3 Å². The van der Waals surface area contributed by atoms with Crippen molar-refractivity contribution >= 4 is 17.2 Å². The average Bonchev–Trinajstić information content (AvgIpc) is 3.36. The van der Waals surface area contributed by atoms with Gasteiger partial charge in [-0.05, 0) is 31.2 Å². The highest BCUT2D eigenvalue weighted by Gasteiger charge is 2.20. The summed E-state index contributed by atoms with van der Waals surface area (Å²) < 4.78 is 6.57. The summed E-state index contributed by atoms with van der Waals surface area (Å²) in [6.07, 6.45) is 5.49. The molecule has 1 fully saturated rings. The topological polar surface area (TPSA) is 90.0 Å². The molecule has 0 aliphatic heterocycles. The van der Waals surface area contributed by atoms with Crippen LogP contribution < -0.4 is 10.9 Å². The largest absolute Gasteiger partial charge is 0.356 e. The van der Waals surface area contributed by atoms with Crippen LogP contribution >= 0.6 is 11.3 Å². The van der Waals surface area contributed by atoms with Gasteiger partial charge in [0.25, 0.3) is 5.56 Å². The van der Waals surface area contributed by atoms with Crippen LogP contribution in [-0.2, 0) is 11.3 Å². The zero-order valence-corrected chi connectivity index (χ0v) is 16.5. The Balaban J connectivity index is 1.64. The van der Waals surface area contributed by atoms with E-state index in [4.69, 9.17) is 4.52 Å². The Morgan fingerprint density at radius 2 is 2.14 bits per heavy atom. The molecular formula is C20H22N4O3S. The molecule has 0 bridgehead atoms. The third-order valence-corrected chi connectivity index (χ3v) is 5.79. The third kappa shape index (κ3) is 4.06. The molecule has 1 aliphatic rings. The molecule has 1 N–H and O–H groups in total. The van der Waals surface area contributed by atoms with Gasteiger partial charge in [-0.1, -0.05) is 30.5 Å². The number of amides is 1. The minimum Gasteiger partial charge on any atom is -0.356 e. The van der Waals surface area contributed by atoms with Crippen molar-refractivity contribution in [3.63, 3.8) is 0 Å². The Hall–Kier alpha value is -2.74. The number of rotatable bonds is 5. The number of aryl methyl sites for hydroxylation is 1. The first kappa shape index (κ1) is 18.6. The number of carbonyl (C=O) groups is 1. The molecule has 0 unspecified atom stereocenters. The lowest BCUT2D eigenvalue weighted by Crippen LogP contribution is -2.40. The van der Waals surface area contributed by atoms with Crippen molar-refractivity contribution in [3.05, 3.63) is 45.7 Å². The van der Waals surface area contributed by atoms with Crippen LogP contribution in [-0.4, -0.2) is 26.9 Å². The number of hydrogen-bond acceptors (Lipinski definition) is 6. The molecule has 0 aromatic carbocycles. The van der Waals surface area contributed by atoms with Crippen LogP contribution in [0.4, 0.5) is 0 Å². The van der Waals surface area contributed by atoms with E-state index < -0.39 is 0 Å². The first-order valence-electron chi connectivity index (χ1n) is 9.49. The van der Waals surface area contributed by atoms with Crippen LogP contribution in [0, 0.1) is 6.92 Å². The molecule has 0 radical (unpaired) electrons. The van der Waals surface area contributed by atoms with Crippen molar-refractivity contribution in [2.45, 2.75) is 51.6 Å². The minimum atomic E-state index is -0.344. The van der Waals surface area contributed by atoms with E-state index in [9.17, 15) is 9.59 Å². The van der Waals surface area contributed by atoms with Gasteiger partial charge in [0.1, 0.15) is 12.2 Å². The summed E-state index contributed by atoms with van der Waals surface area (Å²) in [6.45, 7) is 1.73. The Bertz CT molecular complexity index is 1020. The first-order chi connectivity index (χ1) is 13.6. The van der Waals surface area contributed by atoms with Crippen LogP contribution in [0.25, 0.3) is 21.9 Å². The number of aromatic nitrogens is 3. The van der Waals surface area contributed by atoms with Crippen LogP contribution in [0.3, 0.4) is 0 Å². The van der Waals surface area contributed by atoms with E-state index in [0.717, 1.165) is 36.3 Å². The smallest absolute Gasteiger partial charge is 0.268 e. The highest BCUT2D eigenvalue weighted by molar-refractivity contribution is 7.13. The highest BCUT2D eigenvalue weighted by Crippen LogP contribution is 2.32. The lowest BCUT2D eigenvalue weighted by Gasteiger charge is -2.22. The number of nitrogens with zero attached hydrogens (tertiary/aromatic N) is 3. The molecule has 3 heterocycles. The molecule has 28 heavy (non-hydrogen) atoms. The summed E-state index contributed by atoms with van der Waals surface area (Å²) >= 11 is 1.51. The van der Waals surface area contributed by atoms with Gasteiger partial charge in [-0.25, -0.2) is 4.68 Å². The lowest BCUT2D eigenvalue weighted by molar-refractivity contribution is -0.122. The molecule has 1 saturated carbocycles. The predicted molar refractivity (Wildman–Crippen MR) is 107 cm³/mol. The molecule has 0 saturated heterocycles.